The Morgan fingerprint density at radius 2 is 0.741 bits per heavy atom. The molecule has 0 saturated carbocycles. The van der Waals surface area contributed by atoms with Gasteiger partial charge in [0.2, 0.25) is 0 Å². The Balaban J connectivity index is 1.11. The molecule has 54 heavy (non-hydrogen) atoms. The highest BCUT2D eigenvalue weighted by molar-refractivity contribution is 7.29. The Hall–Kier alpha value is -6.32. The Morgan fingerprint density at radius 3 is 1.44 bits per heavy atom. The number of rotatable bonds is 3. The first kappa shape index (κ1) is 30.2. The minimum absolute atomic E-state index is 1.23. The number of thiophene rings is 2. The van der Waals surface area contributed by atoms with Crippen molar-refractivity contribution >= 4 is 106 Å². The van der Waals surface area contributed by atoms with Crippen molar-refractivity contribution in [3.63, 3.8) is 0 Å². The fourth-order valence-electron chi connectivity index (χ4n) is 9.02. The quantitative estimate of drug-likeness (QED) is 0.160. The van der Waals surface area contributed by atoms with Crippen molar-refractivity contribution in [1.29, 1.82) is 0 Å². The van der Waals surface area contributed by atoms with Crippen molar-refractivity contribution in [2.45, 2.75) is 0 Å². The third kappa shape index (κ3) is 4.36. The molecular formula is C52H30S2. The number of hydrogen-bond acceptors (Lipinski definition) is 2. The summed E-state index contributed by atoms with van der Waals surface area (Å²) < 4.78 is 5.40. The first-order valence-electron chi connectivity index (χ1n) is 18.5. The Labute approximate surface area is 319 Å². The van der Waals surface area contributed by atoms with Crippen LogP contribution in [0.25, 0.3) is 117 Å². The Kier molecular flexibility index (Phi) is 6.48. The normalized spacial score (nSPS) is 12.1. The predicted molar refractivity (Wildman–Crippen MR) is 239 cm³/mol. The Bertz CT molecular complexity index is 3430. The van der Waals surface area contributed by atoms with Crippen molar-refractivity contribution in [3.8, 4) is 33.4 Å². The van der Waals surface area contributed by atoms with Gasteiger partial charge in [0.25, 0.3) is 0 Å². The van der Waals surface area contributed by atoms with Gasteiger partial charge in [0, 0.05) is 45.9 Å². The molecule has 12 rings (SSSR count). The lowest BCUT2D eigenvalue weighted by atomic mass is 9.85. The van der Waals surface area contributed by atoms with Crippen LogP contribution in [0.15, 0.2) is 182 Å². The maximum atomic E-state index is 2.47. The van der Waals surface area contributed by atoms with E-state index in [-0.39, 0.29) is 0 Å². The molecule has 0 N–H and O–H groups in total. The highest BCUT2D eigenvalue weighted by Gasteiger charge is 2.21. The molecular weight excluding hydrogens is 689 g/mol. The third-order valence-corrected chi connectivity index (χ3v) is 13.8. The van der Waals surface area contributed by atoms with Crippen LogP contribution in [0.4, 0.5) is 0 Å². The average Bonchev–Trinajstić information content (AvgIpc) is 3.80. The van der Waals surface area contributed by atoms with Crippen molar-refractivity contribution in [2.24, 2.45) is 0 Å². The molecule has 0 atom stereocenters. The van der Waals surface area contributed by atoms with Gasteiger partial charge in [-0.2, -0.15) is 0 Å². The summed E-state index contributed by atoms with van der Waals surface area (Å²) in [5.41, 5.74) is 7.68. The molecule has 0 saturated heterocycles. The van der Waals surface area contributed by atoms with E-state index >= 15 is 0 Å². The monoisotopic (exact) mass is 718 g/mol. The smallest absolute Gasteiger partial charge is 0.0448 e. The molecule has 0 aliphatic heterocycles. The molecule has 0 aliphatic rings. The molecule has 250 valence electrons. The zero-order valence-corrected chi connectivity index (χ0v) is 30.8. The van der Waals surface area contributed by atoms with Gasteiger partial charge in [-0.15, -0.1) is 22.7 Å². The number of hydrogen-bond donors (Lipinski definition) is 0. The second-order valence-electron chi connectivity index (χ2n) is 14.3. The van der Waals surface area contributed by atoms with E-state index in [4.69, 9.17) is 0 Å². The van der Waals surface area contributed by atoms with Gasteiger partial charge in [0.1, 0.15) is 0 Å². The summed E-state index contributed by atoms with van der Waals surface area (Å²) in [5, 5.41) is 15.6. The average molecular weight is 719 g/mol. The van der Waals surface area contributed by atoms with E-state index < -0.39 is 0 Å². The topological polar surface area (TPSA) is 0 Å². The van der Waals surface area contributed by atoms with Gasteiger partial charge in [-0.1, -0.05) is 158 Å². The summed E-state index contributed by atoms with van der Waals surface area (Å²) in [4.78, 5) is 0. The number of fused-ring (bicyclic) bond motifs is 11. The minimum Gasteiger partial charge on any atom is -0.134 e. The largest absolute Gasteiger partial charge is 0.134 e. The van der Waals surface area contributed by atoms with Crippen molar-refractivity contribution in [3.05, 3.63) is 182 Å². The van der Waals surface area contributed by atoms with E-state index in [1.807, 2.05) is 22.7 Å². The summed E-state index contributed by atoms with van der Waals surface area (Å²) in [5.74, 6) is 0. The zero-order chi connectivity index (χ0) is 35.3. The lowest BCUT2D eigenvalue weighted by Gasteiger charge is -2.18. The predicted octanol–water partition coefficient (Wildman–Crippen LogP) is 16.0. The van der Waals surface area contributed by atoms with Crippen LogP contribution in [-0.2, 0) is 0 Å². The first-order valence-corrected chi connectivity index (χ1v) is 20.1. The highest BCUT2D eigenvalue weighted by atomic mass is 32.1. The first-order chi connectivity index (χ1) is 26.8. The van der Waals surface area contributed by atoms with E-state index in [1.54, 1.807) is 0 Å². The van der Waals surface area contributed by atoms with Gasteiger partial charge in [-0.05, 0) is 95.2 Å². The minimum atomic E-state index is 1.23. The lowest BCUT2D eigenvalue weighted by Crippen LogP contribution is -1.91. The fraction of sp³-hybridized carbons (Fsp3) is 0. The van der Waals surface area contributed by atoms with Gasteiger partial charge in [0.05, 0.1) is 0 Å². The van der Waals surface area contributed by atoms with Crippen LogP contribution in [0.2, 0.25) is 0 Å². The molecule has 0 fully saturated rings. The maximum absolute atomic E-state index is 2.47. The summed E-state index contributed by atoms with van der Waals surface area (Å²) in [6.07, 6.45) is 0. The van der Waals surface area contributed by atoms with Crippen LogP contribution in [0, 0.1) is 0 Å². The van der Waals surface area contributed by atoms with Crippen LogP contribution < -0.4 is 0 Å². The second kappa shape index (κ2) is 11.6. The zero-order valence-electron chi connectivity index (χ0n) is 29.1. The molecule has 2 heteroatoms. The molecule has 10 aromatic carbocycles. The molecule has 0 spiro atoms. The standard InChI is InChI=1S/C52H30S2/c1-2-13-35-29-36(26-21-31(35)11-1)48-41-18-7-5-16-39(41)47(40-17-6-8-19-42(40)48)33-22-24-34(25-23-33)49-51-43(38-15-9-10-20-45(38)53-51)30-44-50-37-14-4-3-12-32(37)27-28-46(50)54-52(44)49/h1-30H. The van der Waals surface area contributed by atoms with Crippen LogP contribution >= 0.6 is 22.7 Å². The van der Waals surface area contributed by atoms with Crippen LogP contribution in [0.5, 0.6) is 0 Å². The molecule has 0 amide bonds. The maximum Gasteiger partial charge on any atom is 0.0448 e. The van der Waals surface area contributed by atoms with Gasteiger partial charge in [-0.25, -0.2) is 0 Å². The Morgan fingerprint density at radius 1 is 0.259 bits per heavy atom. The molecule has 0 unspecified atom stereocenters. The van der Waals surface area contributed by atoms with E-state index in [1.165, 1.54) is 117 Å². The van der Waals surface area contributed by atoms with Crippen molar-refractivity contribution in [2.75, 3.05) is 0 Å². The van der Waals surface area contributed by atoms with Crippen LogP contribution in [-0.4, -0.2) is 0 Å². The molecule has 0 aliphatic carbocycles. The lowest BCUT2D eigenvalue weighted by molar-refractivity contribution is 1.66. The van der Waals surface area contributed by atoms with Gasteiger partial charge >= 0.3 is 0 Å². The summed E-state index contributed by atoms with van der Waals surface area (Å²) in [6.45, 7) is 0. The van der Waals surface area contributed by atoms with Gasteiger partial charge in [0.15, 0.2) is 0 Å². The van der Waals surface area contributed by atoms with Crippen LogP contribution in [0.3, 0.4) is 0 Å². The molecule has 0 bridgehead atoms. The van der Waals surface area contributed by atoms with Crippen molar-refractivity contribution < 1.29 is 0 Å². The van der Waals surface area contributed by atoms with E-state index in [0.29, 0.717) is 0 Å². The van der Waals surface area contributed by atoms with Gasteiger partial charge in [-0.3, -0.25) is 0 Å². The fourth-order valence-corrected chi connectivity index (χ4v) is 11.6. The molecule has 0 radical (unpaired) electrons. The third-order valence-electron chi connectivity index (χ3n) is 11.4. The van der Waals surface area contributed by atoms with E-state index in [0.717, 1.165) is 0 Å². The van der Waals surface area contributed by atoms with Crippen LogP contribution in [0.1, 0.15) is 0 Å². The SMILES string of the molecule is c1ccc2cc(-c3c4ccccc4c(-c4ccc(-c5c6sc7ccccc7c6cc6c5sc5ccc7ccccc7c56)cc4)c4ccccc34)ccc2c1. The molecule has 0 nitrogen and oxygen atoms in total. The summed E-state index contributed by atoms with van der Waals surface area (Å²) in [7, 11) is 0. The van der Waals surface area contributed by atoms with E-state index in [2.05, 4.69) is 182 Å². The second-order valence-corrected chi connectivity index (χ2v) is 16.4. The highest BCUT2D eigenvalue weighted by Crippen LogP contribution is 2.51. The number of benzene rings is 10. The van der Waals surface area contributed by atoms with Crippen molar-refractivity contribution in [1.82, 2.24) is 0 Å². The van der Waals surface area contributed by atoms with Gasteiger partial charge < -0.3 is 0 Å². The summed E-state index contributed by atoms with van der Waals surface area (Å²) >= 11 is 3.86. The summed E-state index contributed by atoms with van der Waals surface area (Å²) in [6, 6.07) is 67.8. The molecule has 2 heterocycles. The van der Waals surface area contributed by atoms with E-state index in [9.17, 15) is 0 Å². The molecule has 12 aromatic rings. The molecule has 2 aromatic heterocycles.